The smallest absolute Gasteiger partial charge is 0.0800 e. The molecule has 0 bridgehead atoms. The second-order valence-corrected chi connectivity index (χ2v) is 0.866. The molecule has 18 valence electrons. The molecule has 0 aliphatic carbocycles. The average molecular weight is 66.1 g/mol. The maximum atomic E-state index is 4.82. The third-order valence-electron chi connectivity index (χ3n) is 0.0833. The number of terminal acetylenes is 1. The number of rotatable bonds is 0. The first-order valence-electron chi connectivity index (χ1n) is 0.827. The third-order valence-corrected chi connectivity index (χ3v) is 0.250. The van der Waals surface area contributed by atoms with Crippen LogP contribution in [-0.2, 0) is 0 Å². The molecule has 0 N–H and O–H groups in total. The van der Waals surface area contributed by atoms with Gasteiger partial charge >= 0.3 is 0 Å². The normalized spacial score (nSPS) is 2.50. The molecule has 0 heterocycles. The molecule has 0 fully saturated rings. The topological polar surface area (TPSA) is 0 Å². The summed E-state index contributed by atoms with van der Waals surface area (Å²) in [5.41, 5.74) is 2.24. The fraction of sp³-hybridized carbons (Fsp3) is 0. The van der Waals surface area contributed by atoms with Gasteiger partial charge in [-0.15, -0.1) is 12.4 Å². The Hall–Kier alpha value is -0.443. The zero-order valence-corrected chi connectivity index (χ0v) is 3.15. The van der Waals surface area contributed by atoms with Crippen molar-refractivity contribution in [3.05, 3.63) is 0 Å². The summed E-state index contributed by atoms with van der Waals surface area (Å²) in [6.45, 7) is 0. The Bertz CT molecular complexity index is 58.3. The Balaban J connectivity index is 3.14. The second-order valence-electron chi connectivity index (χ2n) is 0.289. The van der Waals surface area contributed by atoms with Gasteiger partial charge < -0.3 is 0 Å². The van der Waals surface area contributed by atoms with Gasteiger partial charge in [-0.05, 0) is 0 Å². The standard InChI is InChI=1S/C3H2Si/c1-3-4-2/h1-2H. The van der Waals surface area contributed by atoms with Crippen molar-refractivity contribution in [2.45, 2.75) is 0 Å². The van der Waals surface area contributed by atoms with Crippen molar-refractivity contribution in [1.29, 1.82) is 0 Å². The van der Waals surface area contributed by atoms with Gasteiger partial charge in [0, 0.05) is 0 Å². The largest absolute Gasteiger partial charge is 0.146 e. The minimum atomic E-state index is 0.168. The monoisotopic (exact) mass is 66.0 g/mol. The molecule has 0 aromatic rings. The summed E-state index contributed by atoms with van der Waals surface area (Å²) in [5.74, 6) is 0. The van der Waals surface area contributed by atoms with Crippen molar-refractivity contribution < 1.29 is 0 Å². The number of hydrogen-bond donors (Lipinski definition) is 0. The molecule has 0 saturated carbocycles. The molecular weight excluding hydrogens is 64.1 g/mol. The van der Waals surface area contributed by atoms with E-state index in [0.717, 1.165) is 0 Å². The van der Waals surface area contributed by atoms with Crippen LogP contribution in [0.5, 0.6) is 0 Å². The third kappa shape index (κ3) is 1.56. The quantitative estimate of drug-likeness (QED) is 0.273. The first kappa shape index (κ1) is 3.56. The summed E-state index contributed by atoms with van der Waals surface area (Å²) in [7, 11) is 0.168. The zero-order valence-electron chi connectivity index (χ0n) is 2.15. The van der Waals surface area contributed by atoms with Crippen LogP contribution in [0, 0.1) is 18.0 Å². The van der Waals surface area contributed by atoms with E-state index < -0.39 is 0 Å². The maximum absolute atomic E-state index is 4.82. The molecule has 0 unspecified atom stereocenters. The van der Waals surface area contributed by atoms with Gasteiger partial charge in [-0.25, -0.2) is 0 Å². The van der Waals surface area contributed by atoms with Crippen molar-refractivity contribution in [2.24, 2.45) is 0 Å². The van der Waals surface area contributed by atoms with Gasteiger partial charge in [-0.1, -0.05) is 5.54 Å². The second kappa shape index (κ2) is 2.56. The molecule has 0 aromatic carbocycles. The molecule has 0 aromatic heterocycles. The first-order chi connectivity index (χ1) is 1.91. The molecule has 0 radical (unpaired) electrons. The van der Waals surface area contributed by atoms with E-state index in [1.54, 1.807) is 0 Å². The van der Waals surface area contributed by atoms with Gasteiger partial charge in [-0.2, -0.15) is 0 Å². The highest BCUT2D eigenvalue weighted by Crippen LogP contribution is 1.13. The summed E-state index contributed by atoms with van der Waals surface area (Å²) in [6.07, 6.45) is 4.67. The zero-order chi connectivity index (χ0) is 3.41. The van der Waals surface area contributed by atoms with Crippen LogP contribution in [-0.4, -0.2) is 8.96 Å². The van der Waals surface area contributed by atoms with Gasteiger partial charge in [0.15, 0.2) is 0 Å². The summed E-state index contributed by atoms with van der Waals surface area (Å²) in [4.78, 5) is 0. The van der Waals surface area contributed by atoms with E-state index in [4.69, 9.17) is 6.00 Å². The summed E-state index contributed by atoms with van der Waals surface area (Å²) < 4.78 is 0. The van der Waals surface area contributed by atoms with Gasteiger partial charge in [0.1, 0.15) is 0 Å². The molecule has 0 amide bonds. The Morgan fingerprint density at radius 2 is 2.00 bits per heavy atom. The van der Waals surface area contributed by atoms with E-state index in [1.807, 2.05) is 0 Å². The van der Waals surface area contributed by atoms with Crippen LogP contribution >= 0.6 is 0 Å². The molecular formula is C3H2Si. The van der Waals surface area contributed by atoms with Crippen molar-refractivity contribution in [3.8, 4) is 18.0 Å². The Morgan fingerprint density at radius 1 is 1.75 bits per heavy atom. The molecule has 4 heavy (non-hydrogen) atoms. The van der Waals surface area contributed by atoms with E-state index >= 15 is 0 Å². The Morgan fingerprint density at radius 3 is 2.00 bits per heavy atom. The highest BCUT2D eigenvalue weighted by Gasteiger charge is 1.25. The lowest BCUT2D eigenvalue weighted by Crippen LogP contribution is -1.44. The van der Waals surface area contributed by atoms with Gasteiger partial charge in [0.2, 0.25) is 0 Å². The fourth-order valence-corrected chi connectivity index (χ4v) is 0. The highest BCUT2D eigenvalue weighted by molar-refractivity contribution is 6.33. The summed E-state index contributed by atoms with van der Waals surface area (Å²) >= 11 is 0. The molecule has 0 spiro atoms. The Labute approximate surface area is 27.9 Å². The molecule has 0 saturated heterocycles. The van der Waals surface area contributed by atoms with Crippen LogP contribution in [0.25, 0.3) is 0 Å². The minimum absolute atomic E-state index is 0.168. The average Bonchev–Trinajstić information content (AvgIpc) is 1.37. The first-order valence-corrected chi connectivity index (χ1v) is 1.90. The van der Waals surface area contributed by atoms with E-state index in [9.17, 15) is 0 Å². The van der Waals surface area contributed by atoms with Crippen LogP contribution in [0.3, 0.4) is 0 Å². The van der Waals surface area contributed by atoms with E-state index in [-0.39, 0.29) is 8.96 Å². The molecule has 1 heteroatoms. The molecule has 0 rings (SSSR count). The van der Waals surface area contributed by atoms with Gasteiger partial charge in [0.05, 0.1) is 8.96 Å². The van der Waals surface area contributed by atoms with E-state index in [2.05, 4.69) is 12.0 Å². The van der Waals surface area contributed by atoms with Crippen LogP contribution in [0.4, 0.5) is 0 Å². The van der Waals surface area contributed by atoms with Crippen molar-refractivity contribution in [1.82, 2.24) is 0 Å². The SMILES string of the molecule is C#C[Si]#C. The van der Waals surface area contributed by atoms with Crippen molar-refractivity contribution in [2.75, 3.05) is 0 Å². The highest BCUT2D eigenvalue weighted by atomic mass is 28.2. The lowest BCUT2D eigenvalue weighted by Gasteiger charge is -1.28. The van der Waals surface area contributed by atoms with Crippen LogP contribution in [0.15, 0.2) is 0 Å². The lowest BCUT2D eigenvalue weighted by molar-refractivity contribution is 3.05. The maximum Gasteiger partial charge on any atom is 0.0800 e. The van der Waals surface area contributed by atoms with Crippen LogP contribution in [0.2, 0.25) is 0 Å². The Kier molecular flexibility index (Phi) is 2.27. The molecule has 0 aliphatic heterocycles. The predicted octanol–water partition coefficient (Wildman–Crippen LogP) is -0.130. The van der Waals surface area contributed by atoms with Crippen LogP contribution in [0.1, 0.15) is 0 Å². The van der Waals surface area contributed by atoms with Crippen LogP contribution < -0.4 is 0 Å². The lowest BCUT2D eigenvalue weighted by atomic mass is 11.4. The summed E-state index contributed by atoms with van der Waals surface area (Å²) in [5, 5.41) is 0. The predicted molar refractivity (Wildman–Crippen MR) is 19.5 cm³/mol. The van der Waals surface area contributed by atoms with Gasteiger partial charge in [0.25, 0.3) is 0 Å². The molecule has 0 aliphatic rings. The summed E-state index contributed by atoms with van der Waals surface area (Å²) in [6, 6.07) is 4.82. The van der Waals surface area contributed by atoms with E-state index in [1.165, 1.54) is 0 Å². The van der Waals surface area contributed by atoms with Crippen molar-refractivity contribution in [3.63, 3.8) is 0 Å². The van der Waals surface area contributed by atoms with Crippen molar-refractivity contribution >= 4 is 8.96 Å². The molecule has 0 atom stereocenters. The van der Waals surface area contributed by atoms with Gasteiger partial charge in [-0.3, -0.25) is 0 Å². The number of hydrogen-bond acceptors (Lipinski definition) is 0. The molecule has 0 nitrogen and oxygen atoms in total. The van der Waals surface area contributed by atoms with E-state index in [0.29, 0.717) is 0 Å². The fourth-order valence-electron chi connectivity index (χ4n) is 0. The minimum Gasteiger partial charge on any atom is -0.146 e.